The predicted molar refractivity (Wildman–Crippen MR) is 62.4 cm³/mol. The molecule has 1 amide bonds. The summed E-state index contributed by atoms with van der Waals surface area (Å²) in [6, 6.07) is 8.92. The molecule has 1 N–H and O–H groups in total. The molecule has 17 heavy (non-hydrogen) atoms. The molecular weight excluding hydrogens is 216 g/mol. The van der Waals surface area contributed by atoms with E-state index in [-0.39, 0.29) is 5.91 Å². The minimum atomic E-state index is -0.438. The first kappa shape index (κ1) is 11.5. The Morgan fingerprint density at radius 1 is 1.41 bits per heavy atom. The minimum absolute atomic E-state index is 0.0649. The summed E-state index contributed by atoms with van der Waals surface area (Å²) in [5.74, 6) is 0.510. The van der Waals surface area contributed by atoms with Gasteiger partial charge in [-0.3, -0.25) is 4.79 Å². The fraction of sp³-hybridized carbons (Fsp3) is 0.385. The minimum Gasteiger partial charge on any atom is -0.481 e. The van der Waals surface area contributed by atoms with Crippen molar-refractivity contribution in [2.24, 2.45) is 0 Å². The van der Waals surface area contributed by atoms with Gasteiger partial charge in [0.2, 0.25) is 0 Å². The molecule has 4 nitrogen and oxygen atoms in total. The van der Waals surface area contributed by atoms with Gasteiger partial charge in [-0.25, -0.2) is 0 Å². The fourth-order valence-electron chi connectivity index (χ4n) is 1.83. The molecule has 4 heteroatoms. The molecule has 1 aromatic carbocycles. The monoisotopic (exact) mass is 230 g/mol. The number of hydrogen-bond donors (Lipinski definition) is 1. The summed E-state index contributed by atoms with van der Waals surface area (Å²) in [5.41, 5.74) is 0.538. The van der Waals surface area contributed by atoms with Gasteiger partial charge >= 0.3 is 0 Å². The van der Waals surface area contributed by atoms with Crippen LogP contribution < -0.4 is 10.1 Å². The molecule has 0 aliphatic carbocycles. The number of nitrogens with one attached hydrogen (secondary N) is 1. The molecule has 1 aromatic rings. The standard InChI is InChI=1S/C13H14N2O2/c14-9-10-4-3-5-11(8-10)17-12-6-1-2-7-15-13(12)16/h3-5,8,12H,1-2,6-7H2,(H,15,16). The SMILES string of the molecule is N#Cc1cccc(OC2CCCCNC2=O)c1. The van der Waals surface area contributed by atoms with Crippen LogP contribution in [-0.2, 0) is 4.79 Å². The molecular formula is C13H14N2O2. The third kappa shape index (κ3) is 2.97. The van der Waals surface area contributed by atoms with Crippen molar-refractivity contribution in [3.8, 4) is 11.8 Å². The van der Waals surface area contributed by atoms with Crippen LogP contribution in [0.25, 0.3) is 0 Å². The van der Waals surface area contributed by atoms with Crippen LogP contribution in [0.4, 0.5) is 0 Å². The molecule has 1 aliphatic heterocycles. The summed E-state index contributed by atoms with van der Waals surface area (Å²) in [7, 11) is 0. The molecule has 1 atom stereocenters. The van der Waals surface area contributed by atoms with Crippen molar-refractivity contribution in [1.29, 1.82) is 5.26 Å². The first-order valence-electron chi connectivity index (χ1n) is 5.74. The zero-order valence-corrected chi connectivity index (χ0v) is 9.48. The summed E-state index contributed by atoms with van der Waals surface area (Å²) >= 11 is 0. The zero-order valence-electron chi connectivity index (χ0n) is 9.48. The molecule has 1 unspecified atom stereocenters. The van der Waals surface area contributed by atoms with Gasteiger partial charge in [-0.2, -0.15) is 5.26 Å². The topological polar surface area (TPSA) is 62.1 Å². The van der Waals surface area contributed by atoms with Crippen molar-refractivity contribution in [3.63, 3.8) is 0 Å². The Labute approximate surface area is 100 Å². The van der Waals surface area contributed by atoms with Crippen LogP contribution >= 0.6 is 0 Å². The molecule has 0 spiro atoms. The molecule has 0 radical (unpaired) electrons. The third-order valence-corrected chi connectivity index (χ3v) is 2.73. The van der Waals surface area contributed by atoms with Crippen molar-refractivity contribution >= 4 is 5.91 Å². The van der Waals surface area contributed by atoms with Gasteiger partial charge in [0.1, 0.15) is 5.75 Å². The molecule has 1 fully saturated rings. The van der Waals surface area contributed by atoms with Crippen molar-refractivity contribution < 1.29 is 9.53 Å². The van der Waals surface area contributed by atoms with E-state index < -0.39 is 6.10 Å². The van der Waals surface area contributed by atoms with E-state index in [1.165, 1.54) is 0 Å². The fourth-order valence-corrected chi connectivity index (χ4v) is 1.83. The zero-order chi connectivity index (χ0) is 12.1. The molecule has 88 valence electrons. The van der Waals surface area contributed by atoms with Crippen LogP contribution in [0.3, 0.4) is 0 Å². The number of nitrogens with zero attached hydrogens (tertiary/aromatic N) is 1. The van der Waals surface area contributed by atoms with Crippen LogP contribution in [0.2, 0.25) is 0 Å². The highest BCUT2D eigenvalue weighted by Crippen LogP contribution is 2.17. The Morgan fingerprint density at radius 3 is 3.12 bits per heavy atom. The lowest BCUT2D eigenvalue weighted by Crippen LogP contribution is -2.36. The average molecular weight is 230 g/mol. The van der Waals surface area contributed by atoms with Gasteiger partial charge in [0.25, 0.3) is 5.91 Å². The second-order valence-corrected chi connectivity index (χ2v) is 4.03. The average Bonchev–Trinajstić information content (AvgIpc) is 2.55. The molecule has 1 heterocycles. The predicted octanol–water partition coefficient (Wildman–Crippen LogP) is 1.61. The lowest BCUT2D eigenvalue weighted by Gasteiger charge is -2.15. The van der Waals surface area contributed by atoms with E-state index in [1.54, 1.807) is 24.3 Å². The number of ether oxygens (including phenoxy) is 1. The van der Waals surface area contributed by atoms with Crippen molar-refractivity contribution in [2.75, 3.05) is 6.54 Å². The van der Waals surface area contributed by atoms with Gasteiger partial charge in [-0.05, 0) is 37.5 Å². The maximum absolute atomic E-state index is 11.7. The highest BCUT2D eigenvalue weighted by Gasteiger charge is 2.22. The van der Waals surface area contributed by atoms with E-state index in [1.807, 2.05) is 6.07 Å². The Morgan fingerprint density at radius 2 is 2.29 bits per heavy atom. The molecule has 1 saturated heterocycles. The Kier molecular flexibility index (Phi) is 3.61. The van der Waals surface area contributed by atoms with Gasteiger partial charge in [0, 0.05) is 6.54 Å². The molecule has 0 saturated carbocycles. The molecule has 0 aromatic heterocycles. The van der Waals surface area contributed by atoms with Crippen LogP contribution in [0.15, 0.2) is 24.3 Å². The lowest BCUT2D eigenvalue weighted by molar-refractivity contribution is -0.127. The smallest absolute Gasteiger partial charge is 0.261 e. The maximum atomic E-state index is 11.7. The van der Waals surface area contributed by atoms with E-state index in [0.717, 1.165) is 25.8 Å². The first-order valence-corrected chi connectivity index (χ1v) is 5.74. The van der Waals surface area contributed by atoms with Crippen LogP contribution in [-0.4, -0.2) is 18.6 Å². The summed E-state index contributed by atoms with van der Waals surface area (Å²) in [4.78, 5) is 11.7. The summed E-state index contributed by atoms with van der Waals surface area (Å²) < 4.78 is 5.63. The van der Waals surface area contributed by atoms with E-state index >= 15 is 0 Å². The van der Waals surface area contributed by atoms with E-state index in [4.69, 9.17) is 10.00 Å². The first-order chi connectivity index (χ1) is 8.29. The van der Waals surface area contributed by atoms with Crippen molar-refractivity contribution in [1.82, 2.24) is 5.32 Å². The number of rotatable bonds is 2. The van der Waals surface area contributed by atoms with Crippen molar-refractivity contribution in [2.45, 2.75) is 25.4 Å². The van der Waals surface area contributed by atoms with E-state index in [9.17, 15) is 4.79 Å². The quantitative estimate of drug-likeness (QED) is 0.839. The lowest BCUT2D eigenvalue weighted by atomic mass is 10.1. The Balaban J connectivity index is 2.08. The van der Waals surface area contributed by atoms with Gasteiger partial charge < -0.3 is 10.1 Å². The second kappa shape index (κ2) is 5.35. The third-order valence-electron chi connectivity index (χ3n) is 2.73. The largest absolute Gasteiger partial charge is 0.481 e. The van der Waals surface area contributed by atoms with Gasteiger partial charge in [-0.1, -0.05) is 6.07 Å². The number of hydrogen-bond acceptors (Lipinski definition) is 3. The maximum Gasteiger partial charge on any atom is 0.261 e. The highest BCUT2D eigenvalue weighted by atomic mass is 16.5. The summed E-state index contributed by atoms with van der Waals surface area (Å²) in [5, 5.41) is 11.6. The highest BCUT2D eigenvalue weighted by molar-refractivity contribution is 5.81. The van der Waals surface area contributed by atoms with Crippen LogP contribution in [0.1, 0.15) is 24.8 Å². The number of nitriles is 1. The van der Waals surface area contributed by atoms with Crippen LogP contribution in [0, 0.1) is 11.3 Å². The summed E-state index contributed by atoms with van der Waals surface area (Å²) in [6.07, 6.45) is 2.25. The molecule has 2 rings (SSSR count). The van der Waals surface area contributed by atoms with E-state index in [2.05, 4.69) is 5.32 Å². The Hall–Kier alpha value is -2.02. The van der Waals surface area contributed by atoms with Gasteiger partial charge in [-0.15, -0.1) is 0 Å². The normalized spacial score (nSPS) is 19.9. The van der Waals surface area contributed by atoms with Crippen molar-refractivity contribution in [3.05, 3.63) is 29.8 Å². The number of benzene rings is 1. The molecule has 0 bridgehead atoms. The van der Waals surface area contributed by atoms with E-state index in [0.29, 0.717) is 11.3 Å². The second-order valence-electron chi connectivity index (χ2n) is 4.03. The number of amides is 1. The summed E-state index contributed by atoms with van der Waals surface area (Å²) in [6.45, 7) is 0.719. The number of carbonyl (C=O) groups is 1. The Bertz CT molecular complexity index is 451. The van der Waals surface area contributed by atoms with Gasteiger partial charge in [0.05, 0.1) is 11.6 Å². The molecule has 1 aliphatic rings. The van der Waals surface area contributed by atoms with Crippen LogP contribution in [0.5, 0.6) is 5.75 Å². The van der Waals surface area contributed by atoms with Gasteiger partial charge in [0.15, 0.2) is 6.10 Å². The number of carbonyl (C=O) groups excluding carboxylic acids is 1.